The van der Waals surface area contributed by atoms with Crippen LogP contribution < -0.4 is 5.48 Å². The molecule has 0 spiro atoms. The Morgan fingerprint density at radius 1 is 1.67 bits per heavy atom. The molecule has 0 aromatic heterocycles. The van der Waals surface area contributed by atoms with E-state index in [-0.39, 0.29) is 0 Å². The summed E-state index contributed by atoms with van der Waals surface area (Å²) >= 11 is 0. The van der Waals surface area contributed by atoms with Crippen LogP contribution in [0.5, 0.6) is 0 Å². The fraction of sp³-hybridized carbons (Fsp3) is 0.556. The molecule has 0 heterocycles. The lowest BCUT2D eigenvalue weighted by molar-refractivity contribution is -0.201. The van der Waals surface area contributed by atoms with Crippen molar-refractivity contribution >= 4 is 0 Å². The zero-order valence-corrected chi connectivity index (χ0v) is 7.87. The number of allylic oxidation sites excluding steroid dienone is 2. The van der Waals surface area contributed by atoms with Crippen LogP contribution in [0, 0.1) is 0 Å². The molecule has 1 aliphatic carbocycles. The van der Waals surface area contributed by atoms with E-state index in [0.717, 1.165) is 6.42 Å². The lowest BCUT2D eigenvalue weighted by atomic mass is 10.0. The van der Waals surface area contributed by atoms with Crippen molar-refractivity contribution in [3.63, 3.8) is 0 Å². The van der Waals surface area contributed by atoms with Gasteiger partial charge in [-0.1, -0.05) is 23.8 Å². The molecule has 1 N–H and O–H groups in total. The molecular formula is C9H16N2O. The van der Waals surface area contributed by atoms with E-state index in [9.17, 15) is 0 Å². The van der Waals surface area contributed by atoms with E-state index < -0.39 is 0 Å². The Balaban J connectivity index is 2.41. The van der Waals surface area contributed by atoms with Gasteiger partial charge in [0, 0.05) is 14.1 Å². The normalized spacial score (nSPS) is 23.0. The lowest BCUT2D eigenvalue weighted by Gasteiger charge is -2.24. The first-order valence-electron chi connectivity index (χ1n) is 4.15. The van der Waals surface area contributed by atoms with Crippen LogP contribution in [-0.4, -0.2) is 25.2 Å². The number of hydrogen-bond donors (Lipinski definition) is 1. The van der Waals surface area contributed by atoms with E-state index >= 15 is 0 Å². The summed E-state index contributed by atoms with van der Waals surface area (Å²) in [5.74, 6) is 0. The Hall–Kier alpha value is -0.640. The van der Waals surface area contributed by atoms with Crippen LogP contribution in [0.1, 0.15) is 13.3 Å². The van der Waals surface area contributed by atoms with Gasteiger partial charge in [-0.3, -0.25) is 0 Å². The molecule has 0 aromatic carbocycles. The van der Waals surface area contributed by atoms with E-state index in [2.05, 4.69) is 30.6 Å². The van der Waals surface area contributed by atoms with Crippen LogP contribution in [0.15, 0.2) is 23.8 Å². The monoisotopic (exact) mass is 168 g/mol. The third-order valence-corrected chi connectivity index (χ3v) is 1.96. The number of hydroxylamine groups is 3. The summed E-state index contributed by atoms with van der Waals surface area (Å²) < 4.78 is 0. The van der Waals surface area contributed by atoms with Gasteiger partial charge in [0.15, 0.2) is 0 Å². The Morgan fingerprint density at radius 2 is 2.42 bits per heavy atom. The molecule has 0 bridgehead atoms. The van der Waals surface area contributed by atoms with Gasteiger partial charge < -0.3 is 0 Å². The SMILES string of the molecule is CNON(C)C1C=CC(C)=CC1. The van der Waals surface area contributed by atoms with Crippen molar-refractivity contribution in [2.24, 2.45) is 0 Å². The van der Waals surface area contributed by atoms with Gasteiger partial charge in [0.2, 0.25) is 0 Å². The van der Waals surface area contributed by atoms with E-state index in [1.54, 1.807) is 12.1 Å². The zero-order valence-electron chi connectivity index (χ0n) is 7.87. The fourth-order valence-corrected chi connectivity index (χ4v) is 1.20. The predicted molar refractivity (Wildman–Crippen MR) is 49.2 cm³/mol. The second-order valence-electron chi connectivity index (χ2n) is 2.95. The average Bonchev–Trinajstić information content (AvgIpc) is 2.06. The molecular weight excluding hydrogens is 152 g/mol. The van der Waals surface area contributed by atoms with Crippen LogP contribution in [0.2, 0.25) is 0 Å². The zero-order chi connectivity index (χ0) is 8.97. The van der Waals surface area contributed by atoms with E-state index in [1.807, 2.05) is 7.05 Å². The van der Waals surface area contributed by atoms with Gasteiger partial charge in [-0.05, 0) is 13.3 Å². The van der Waals surface area contributed by atoms with Crippen LogP contribution >= 0.6 is 0 Å². The summed E-state index contributed by atoms with van der Waals surface area (Å²) in [7, 11) is 3.67. The largest absolute Gasteiger partial charge is 0.211 e. The molecule has 0 aliphatic heterocycles. The minimum Gasteiger partial charge on any atom is -0.211 e. The molecule has 68 valence electrons. The first-order chi connectivity index (χ1) is 5.74. The van der Waals surface area contributed by atoms with Gasteiger partial charge >= 0.3 is 0 Å². The second kappa shape index (κ2) is 4.40. The maximum atomic E-state index is 5.12. The van der Waals surface area contributed by atoms with Crippen molar-refractivity contribution in [2.75, 3.05) is 14.1 Å². The highest BCUT2D eigenvalue weighted by molar-refractivity contribution is 5.22. The van der Waals surface area contributed by atoms with Gasteiger partial charge in [-0.2, -0.15) is 10.5 Å². The highest BCUT2D eigenvalue weighted by Gasteiger charge is 2.12. The van der Waals surface area contributed by atoms with Gasteiger partial charge in [-0.25, -0.2) is 4.94 Å². The Kier molecular flexibility index (Phi) is 3.47. The van der Waals surface area contributed by atoms with Gasteiger partial charge in [0.05, 0.1) is 6.04 Å². The van der Waals surface area contributed by atoms with Crippen molar-refractivity contribution in [2.45, 2.75) is 19.4 Å². The third-order valence-electron chi connectivity index (χ3n) is 1.96. The molecule has 0 amide bonds. The molecule has 3 heteroatoms. The minimum atomic E-state index is 0.348. The Bertz CT molecular complexity index is 199. The first-order valence-corrected chi connectivity index (χ1v) is 4.15. The summed E-state index contributed by atoms with van der Waals surface area (Å²) in [6.45, 7) is 2.10. The first kappa shape index (κ1) is 9.45. The molecule has 1 aliphatic rings. The number of likely N-dealkylation sites (N-methyl/N-ethyl adjacent to an activating group) is 1. The summed E-state index contributed by atoms with van der Waals surface area (Å²) in [6, 6.07) is 0.348. The number of hydrogen-bond acceptors (Lipinski definition) is 3. The number of nitrogens with one attached hydrogen (secondary N) is 1. The van der Waals surface area contributed by atoms with Crippen molar-refractivity contribution in [1.29, 1.82) is 0 Å². The Morgan fingerprint density at radius 3 is 2.92 bits per heavy atom. The molecule has 1 atom stereocenters. The van der Waals surface area contributed by atoms with Gasteiger partial charge in [0.25, 0.3) is 0 Å². The average molecular weight is 168 g/mol. The molecule has 0 aromatic rings. The van der Waals surface area contributed by atoms with Crippen LogP contribution in [0.4, 0.5) is 0 Å². The van der Waals surface area contributed by atoms with Crippen LogP contribution in [-0.2, 0) is 4.94 Å². The number of rotatable bonds is 3. The quantitative estimate of drug-likeness (QED) is 0.642. The van der Waals surface area contributed by atoms with Crippen molar-refractivity contribution < 1.29 is 4.94 Å². The fourth-order valence-electron chi connectivity index (χ4n) is 1.20. The second-order valence-corrected chi connectivity index (χ2v) is 2.95. The van der Waals surface area contributed by atoms with E-state index in [4.69, 9.17) is 4.94 Å². The molecule has 0 fully saturated rings. The maximum absolute atomic E-state index is 5.12. The molecule has 0 saturated heterocycles. The number of nitrogens with zero attached hydrogens (tertiary/aromatic N) is 1. The third kappa shape index (κ3) is 2.44. The maximum Gasteiger partial charge on any atom is 0.0586 e. The van der Waals surface area contributed by atoms with E-state index in [1.165, 1.54) is 5.57 Å². The van der Waals surface area contributed by atoms with Gasteiger partial charge in [0.1, 0.15) is 0 Å². The van der Waals surface area contributed by atoms with Crippen molar-refractivity contribution in [3.05, 3.63) is 23.8 Å². The summed E-state index contributed by atoms with van der Waals surface area (Å²) in [5.41, 5.74) is 3.97. The van der Waals surface area contributed by atoms with Gasteiger partial charge in [-0.15, -0.1) is 0 Å². The molecule has 0 saturated carbocycles. The van der Waals surface area contributed by atoms with Crippen LogP contribution in [0.25, 0.3) is 0 Å². The van der Waals surface area contributed by atoms with E-state index in [0.29, 0.717) is 6.04 Å². The van der Waals surface area contributed by atoms with Crippen LogP contribution in [0.3, 0.4) is 0 Å². The summed E-state index contributed by atoms with van der Waals surface area (Å²) in [5, 5.41) is 1.80. The molecule has 0 radical (unpaired) electrons. The summed E-state index contributed by atoms with van der Waals surface area (Å²) in [4.78, 5) is 5.12. The predicted octanol–water partition coefficient (Wildman–Crippen LogP) is 1.26. The Labute approximate surface area is 73.6 Å². The molecule has 1 rings (SSSR count). The highest BCUT2D eigenvalue weighted by atomic mass is 16.8. The standard InChI is InChI=1S/C9H16N2O/c1-8-4-6-9(7-5-8)11(3)12-10-2/h4-6,9-10H,7H2,1-3H3. The lowest BCUT2D eigenvalue weighted by Crippen LogP contribution is -2.34. The summed E-state index contributed by atoms with van der Waals surface area (Å²) in [6.07, 6.45) is 7.48. The smallest absolute Gasteiger partial charge is 0.0586 e. The minimum absolute atomic E-state index is 0.348. The molecule has 3 nitrogen and oxygen atoms in total. The molecule has 12 heavy (non-hydrogen) atoms. The highest BCUT2D eigenvalue weighted by Crippen LogP contribution is 2.13. The van der Waals surface area contributed by atoms with Crippen molar-refractivity contribution in [3.8, 4) is 0 Å². The topological polar surface area (TPSA) is 24.5 Å². The van der Waals surface area contributed by atoms with Crippen molar-refractivity contribution in [1.82, 2.24) is 10.5 Å². The molecule has 1 unspecified atom stereocenters.